The van der Waals surface area contributed by atoms with Crippen LogP contribution in [0.2, 0.25) is 0 Å². The van der Waals surface area contributed by atoms with E-state index in [4.69, 9.17) is 0 Å². The van der Waals surface area contributed by atoms with Gasteiger partial charge in [0.15, 0.2) is 12.0 Å². The number of carbonyl (C=O) groups excluding carboxylic acids is 1. The maximum Gasteiger partial charge on any atom is 0.534 e. The van der Waals surface area contributed by atoms with Gasteiger partial charge >= 0.3 is 15.6 Å². The molecule has 10 heteroatoms. The van der Waals surface area contributed by atoms with Crippen molar-refractivity contribution in [3.05, 3.63) is 16.8 Å². The standard InChI is InChI=1S/C11H11F3N2O4S/c1-6-8(5-17)9(20-21(18,19)11(12,13)14)7-3-4-16(2)10(7)15-6/h5H,3-4H2,1-2H3. The van der Waals surface area contributed by atoms with Crippen molar-refractivity contribution in [2.45, 2.75) is 18.9 Å². The molecule has 21 heavy (non-hydrogen) atoms. The van der Waals surface area contributed by atoms with E-state index in [0.29, 0.717) is 12.4 Å². The van der Waals surface area contributed by atoms with Crippen molar-refractivity contribution < 1.29 is 30.6 Å². The summed E-state index contributed by atoms with van der Waals surface area (Å²) in [5.41, 5.74) is -5.58. The summed E-state index contributed by atoms with van der Waals surface area (Å²) in [7, 11) is -4.19. The molecule has 2 rings (SSSR count). The maximum absolute atomic E-state index is 12.5. The van der Waals surface area contributed by atoms with Crippen LogP contribution in [0, 0.1) is 6.92 Å². The zero-order valence-corrected chi connectivity index (χ0v) is 11.9. The van der Waals surface area contributed by atoms with Crippen molar-refractivity contribution in [3.8, 4) is 5.75 Å². The van der Waals surface area contributed by atoms with Gasteiger partial charge in [0.1, 0.15) is 5.82 Å². The third kappa shape index (κ3) is 2.55. The van der Waals surface area contributed by atoms with Crippen LogP contribution in [0.15, 0.2) is 0 Å². The van der Waals surface area contributed by atoms with Gasteiger partial charge in [-0.25, -0.2) is 4.98 Å². The van der Waals surface area contributed by atoms with Crippen molar-refractivity contribution in [1.82, 2.24) is 4.98 Å². The first-order chi connectivity index (χ1) is 9.58. The highest BCUT2D eigenvalue weighted by atomic mass is 32.2. The van der Waals surface area contributed by atoms with Crippen LogP contribution in [0.5, 0.6) is 5.75 Å². The lowest BCUT2D eigenvalue weighted by molar-refractivity contribution is -0.0500. The van der Waals surface area contributed by atoms with Gasteiger partial charge in [0.05, 0.1) is 11.3 Å². The number of aryl methyl sites for hydroxylation is 1. The molecule has 0 fully saturated rings. The van der Waals surface area contributed by atoms with Gasteiger partial charge in [0.2, 0.25) is 0 Å². The van der Waals surface area contributed by atoms with Crippen LogP contribution < -0.4 is 9.08 Å². The normalized spacial score (nSPS) is 15.0. The van der Waals surface area contributed by atoms with Gasteiger partial charge in [-0.3, -0.25) is 4.79 Å². The smallest absolute Gasteiger partial charge is 0.375 e. The lowest BCUT2D eigenvalue weighted by atomic mass is 10.1. The first-order valence-electron chi connectivity index (χ1n) is 5.79. The fourth-order valence-corrected chi connectivity index (χ4v) is 2.54. The lowest BCUT2D eigenvalue weighted by Crippen LogP contribution is -2.29. The Labute approximate surface area is 118 Å². The van der Waals surface area contributed by atoms with Crippen LogP contribution in [0.25, 0.3) is 0 Å². The van der Waals surface area contributed by atoms with Crippen molar-refractivity contribution in [2.75, 3.05) is 18.5 Å². The Morgan fingerprint density at radius 3 is 2.52 bits per heavy atom. The number of anilines is 1. The summed E-state index contributed by atoms with van der Waals surface area (Å²) in [5.74, 6) is -0.278. The molecule has 0 atom stereocenters. The molecule has 0 aliphatic carbocycles. The topological polar surface area (TPSA) is 76.6 Å². The van der Waals surface area contributed by atoms with E-state index >= 15 is 0 Å². The van der Waals surface area contributed by atoms with Gasteiger partial charge in [-0.05, 0) is 13.3 Å². The van der Waals surface area contributed by atoms with Gasteiger partial charge in [0.25, 0.3) is 0 Å². The Bertz CT molecular complexity index is 700. The van der Waals surface area contributed by atoms with E-state index in [1.165, 1.54) is 6.92 Å². The van der Waals surface area contributed by atoms with Crippen molar-refractivity contribution in [2.24, 2.45) is 0 Å². The summed E-state index contributed by atoms with van der Waals surface area (Å²) in [6, 6.07) is 0. The Balaban J connectivity index is 2.64. The molecular formula is C11H11F3N2O4S. The van der Waals surface area contributed by atoms with Gasteiger partial charge < -0.3 is 9.08 Å². The highest BCUT2D eigenvalue weighted by Crippen LogP contribution is 2.38. The lowest BCUT2D eigenvalue weighted by Gasteiger charge is -2.16. The summed E-state index contributed by atoms with van der Waals surface area (Å²) in [6.45, 7) is 1.83. The fraction of sp³-hybridized carbons (Fsp3) is 0.455. The maximum atomic E-state index is 12.5. The Hall–Kier alpha value is -1.84. The van der Waals surface area contributed by atoms with E-state index in [1.807, 2.05) is 0 Å². The molecule has 1 aromatic rings. The number of pyridine rings is 1. The van der Waals surface area contributed by atoms with E-state index in [0.717, 1.165) is 0 Å². The Kier molecular flexibility index (Phi) is 3.60. The number of fused-ring (bicyclic) bond motifs is 1. The number of alkyl halides is 3. The quantitative estimate of drug-likeness (QED) is 0.475. The monoisotopic (exact) mass is 324 g/mol. The second kappa shape index (κ2) is 4.86. The van der Waals surface area contributed by atoms with E-state index < -0.39 is 21.4 Å². The summed E-state index contributed by atoms with van der Waals surface area (Å²) in [5, 5.41) is 0. The average Bonchev–Trinajstić information content (AvgIpc) is 2.69. The predicted molar refractivity (Wildman–Crippen MR) is 66.9 cm³/mol. The molecule has 0 saturated carbocycles. The zero-order valence-electron chi connectivity index (χ0n) is 11.1. The van der Waals surface area contributed by atoms with E-state index in [1.54, 1.807) is 11.9 Å². The van der Waals surface area contributed by atoms with Crippen LogP contribution in [0.3, 0.4) is 0 Å². The van der Waals surface area contributed by atoms with Crippen LogP contribution in [-0.4, -0.2) is 38.8 Å². The molecule has 0 radical (unpaired) electrons. The fourth-order valence-electron chi connectivity index (χ4n) is 2.03. The molecule has 0 amide bonds. The largest absolute Gasteiger partial charge is 0.534 e. The number of carbonyl (C=O) groups is 1. The molecule has 1 aliphatic heterocycles. The average molecular weight is 324 g/mol. The molecule has 0 N–H and O–H groups in total. The zero-order chi connectivity index (χ0) is 16.0. The minimum atomic E-state index is -5.84. The summed E-state index contributed by atoms with van der Waals surface area (Å²) in [4.78, 5) is 16.8. The molecule has 0 saturated heterocycles. The molecule has 0 bridgehead atoms. The predicted octanol–water partition coefficient (Wildman–Crippen LogP) is 1.42. The van der Waals surface area contributed by atoms with Gasteiger partial charge in [-0.1, -0.05) is 0 Å². The second-order valence-electron chi connectivity index (χ2n) is 4.51. The second-order valence-corrected chi connectivity index (χ2v) is 6.05. The van der Waals surface area contributed by atoms with Gasteiger partial charge in [-0.15, -0.1) is 0 Å². The van der Waals surface area contributed by atoms with Crippen LogP contribution in [0.1, 0.15) is 21.6 Å². The number of halogens is 3. The van der Waals surface area contributed by atoms with E-state index in [9.17, 15) is 26.4 Å². The molecule has 1 aliphatic rings. The third-order valence-corrected chi connectivity index (χ3v) is 4.06. The minimum absolute atomic E-state index is 0.102. The molecule has 0 spiro atoms. The number of aromatic nitrogens is 1. The molecule has 0 aromatic carbocycles. The molecule has 1 aromatic heterocycles. The highest BCUT2D eigenvalue weighted by molar-refractivity contribution is 7.88. The number of aldehydes is 1. The molecule has 2 heterocycles. The molecule has 116 valence electrons. The number of nitrogens with zero attached hydrogens (tertiary/aromatic N) is 2. The highest BCUT2D eigenvalue weighted by Gasteiger charge is 2.49. The SMILES string of the molecule is Cc1nc2c(c(OS(=O)(=O)C(F)(F)F)c1C=O)CCN2C. The first kappa shape index (κ1) is 15.5. The number of hydrogen-bond acceptors (Lipinski definition) is 6. The van der Waals surface area contributed by atoms with Crippen LogP contribution >= 0.6 is 0 Å². The van der Waals surface area contributed by atoms with Crippen LogP contribution in [-0.2, 0) is 16.5 Å². The number of rotatable bonds is 3. The van der Waals surface area contributed by atoms with Gasteiger partial charge in [0, 0.05) is 19.2 Å². The summed E-state index contributed by atoms with van der Waals surface area (Å²) in [6.07, 6.45) is 0.477. The minimum Gasteiger partial charge on any atom is -0.375 e. The van der Waals surface area contributed by atoms with Crippen molar-refractivity contribution >= 4 is 22.2 Å². The first-order valence-corrected chi connectivity index (χ1v) is 7.20. The number of likely N-dealkylation sites (N-methyl/N-ethyl adjacent to an activating group) is 1. The molecule has 6 nitrogen and oxygen atoms in total. The van der Waals surface area contributed by atoms with Crippen LogP contribution in [0.4, 0.5) is 19.0 Å². The summed E-state index contributed by atoms with van der Waals surface area (Å²) >= 11 is 0. The summed E-state index contributed by atoms with van der Waals surface area (Å²) < 4.78 is 63.9. The Morgan fingerprint density at radius 1 is 1.38 bits per heavy atom. The number of hydrogen-bond donors (Lipinski definition) is 0. The van der Waals surface area contributed by atoms with Gasteiger partial charge in [-0.2, -0.15) is 21.6 Å². The Morgan fingerprint density at radius 2 is 2.00 bits per heavy atom. The van der Waals surface area contributed by atoms with Crippen molar-refractivity contribution in [1.29, 1.82) is 0 Å². The molecule has 0 unspecified atom stereocenters. The van der Waals surface area contributed by atoms with E-state index in [2.05, 4.69) is 9.17 Å². The van der Waals surface area contributed by atoms with E-state index in [-0.39, 0.29) is 29.5 Å². The third-order valence-electron chi connectivity index (χ3n) is 3.11. The van der Waals surface area contributed by atoms with Crippen molar-refractivity contribution in [3.63, 3.8) is 0 Å². The molecular weight excluding hydrogens is 313 g/mol.